The van der Waals surface area contributed by atoms with E-state index in [9.17, 15) is 4.79 Å². The molecule has 0 saturated carbocycles. The van der Waals surface area contributed by atoms with Gasteiger partial charge in [0.15, 0.2) is 0 Å². The van der Waals surface area contributed by atoms with Gasteiger partial charge in [-0.15, -0.1) is 0 Å². The Labute approximate surface area is 108 Å². The predicted molar refractivity (Wildman–Crippen MR) is 76.5 cm³/mol. The maximum atomic E-state index is 9.50. The fourth-order valence-electron chi connectivity index (χ4n) is 1.55. The van der Waals surface area contributed by atoms with Crippen LogP contribution < -0.4 is 5.32 Å². The molecule has 0 rings (SSSR count). The molecular formula is C14H32N2O. The third-order valence-electron chi connectivity index (χ3n) is 2.39. The highest BCUT2D eigenvalue weighted by atomic mass is 16.1. The lowest BCUT2D eigenvalue weighted by atomic mass is 10.3. The highest BCUT2D eigenvalue weighted by molar-refractivity contribution is 5.51. The predicted octanol–water partition coefficient (Wildman–Crippen LogP) is 2.70. The summed E-state index contributed by atoms with van der Waals surface area (Å²) >= 11 is 0. The standard InChI is InChI=1S/C10H23N.C4H9NO/c1-4-7-10-11(8-5-2)9-6-3;1-2-5-3-4-6/h4-10H2,1-3H3;4-5H,2-3H2,1H3. The number of aldehydes is 1. The average molecular weight is 244 g/mol. The molecule has 3 nitrogen and oxygen atoms in total. The van der Waals surface area contributed by atoms with Crippen molar-refractivity contribution in [1.82, 2.24) is 10.2 Å². The molecule has 0 saturated heterocycles. The fraction of sp³-hybridized carbons (Fsp3) is 0.929. The Morgan fingerprint density at radius 3 is 1.82 bits per heavy atom. The van der Waals surface area contributed by atoms with Gasteiger partial charge in [-0.2, -0.15) is 0 Å². The van der Waals surface area contributed by atoms with Crippen LogP contribution in [0.1, 0.15) is 53.4 Å². The molecule has 0 radical (unpaired) electrons. The number of carbonyl (C=O) groups excluding carboxylic acids is 1. The molecule has 0 aliphatic carbocycles. The van der Waals surface area contributed by atoms with Gasteiger partial charge in [0.2, 0.25) is 0 Å². The summed E-state index contributed by atoms with van der Waals surface area (Å²) < 4.78 is 0. The lowest BCUT2D eigenvalue weighted by Gasteiger charge is -2.20. The van der Waals surface area contributed by atoms with Crippen molar-refractivity contribution in [3.63, 3.8) is 0 Å². The van der Waals surface area contributed by atoms with Crippen LogP contribution in [-0.4, -0.2) is 43.9 Å². The Kier molecular flexibility index (Phi) is 20.0. The summed E-state index contributed by atoms with van der Waals surface area (Å²) in [5, 5.41) is 2.83. The highest BCUT2D eigenvalue weighted by Gasteiger charge is 1.99. The van der Waals surface area contributed by atoms with Gasteiger partial charge in [0, 0.05) is 0 Å². The largest absolute Gasteiger partial charge is 0.311 e. The van der Waals surface area contributed by atoms with E-state index in [1.165, 1.54) is 45.3 Å². The summed E-state index contributed by atoms with van der Waals surface area (Å²) in [5.74, 6) is 0. The molecule has 0 fully saturated rings. The molecule has 0 bridgehead atoms. The van der Waals surface area contributed by atoms with Crippen LogP contribution in [0, 0.1) is 0 Å². The van der Waals surface area contributed by atoms with Crippen molar-refractivity contribution in [2.45, 2.75) is 53.4 Å². The molecule has 0 aromatic rings. The molecule has 0 unspecified atom stereocenters. The molecule has 104 valence electrons. The van der Waals surface area contributed by atoms with Crippen molar-refractivity contribution >= 4 is 6.29 Å². The van der Waals surface area contributed by atoms with Crippen molar-refractivity contribution in [3.05, 3.63) is 0 Å². The lowest BCUT2D eigenvalue weighted by Crippen LogP contribution is -2.26. The summed E-state index contributed by atoms with van der Waals surface area (Å²) in [6, 6.07) is 0. The summed E-state index contributed by atoms with van der Waals surface area (Å²) in [6.45, 7) is 14.0. The van der Waals surface area contributed by atoms with Crippen LogP contribution in [0.25, 0.3) is 0 Å². The Balaban J connectivity index is 0. The number of unbranched alkanes of at least 4 members (excludes halogenated alkanes) is 1. The van der Waals surface area contributed by atoms with Gasteiger partial charge in [-0.1, -0.05) is 34.1 Å². The van der Waals surface area contributed by atoms with E-state index < -0.39 is 0 Å². The van der Waals surface area contributed by atoms with Crippen LogP contribution in [0.5, 0.6) is 0 Å². The first-order valence-electron chi connectivity index (χ1n) is 7.13. The third-order valence-corrected chi connectivity index (χ3v) is 2.39. The number of nitrogens with zero attached hydrogens (tertiary/aromatic N) is 1. The van der Waals surface area contributed by atoms with E-state index in [2.05, 4.69) is 31.0 Å². The first kappa shape index (κ1) is 18.9. The van der Waals surface area contributed by atoms with Crippen LogP contribution in [0.2, 0.25) is 0 Å². The van der Waals surface area contributed by atoms with Gasteiger partial charge < -0.3 is 15.0 Å². The van der Waals surface area contributed by atoms with Crippen LogP contribution in [0.15, 0.2) is 0 Å². The van der Waals surface area contributed by atoms with Gasteiger partial charge in [-0.25, -0.2) is 0 Å². The van der Waals surface area contributed by atoms with Crippen molar-refractivity contribution in [1.29, 1.82) is 0 Å². The van der Waals surface area contributed by atoms with Gasteiger partial charge >= 0.3 is 0 Å². The van der Waals surface area contributed by atoms with E-state index in [1.54, 1.807) is 0 Å². The molecule has 1 N–H and O–H groups in total. The summed E-state index contributed by atoms with van der Waals surface area (Å²) in [5.41, 5.74) is 0. The van der Waals surface area contributed by atoms with Gasteiger partial charge in [0.25, 0.3) is 0 Å². The summed E-state index contributed by atoms with van der Waals surface area (Å²) in [4.78, 5) is 12.1. The lowest BCUT2D eigenvalue weighted by molar-refractivity contribution is -0.107. The maximum absolute atomic E-state index is 9.50. The van der Waals surface area contributed by atoms with Crippen molar-refractivity contribution in [2.75, 3.05) is 32.7 Å². The number of likely N-dealkylation sites (N-methyl/N-ethyl adjacent to an activating group) is 1. The maximum Gasteiger partial charge on any atom is 0.133 e. The minimum Gasteiger partial charge on any atom is -0.311 e. The minimum atomic E-state index is 0.483. The van der Waals surface area contributed by atoms with E-state index >= 15 is 0 Å². The zero-order valence-corrected chi connectivity index (χ0v) is 12.3. The highest BCUT2D eigenvalue weighted by Crippen LogP contribution is 1.97. The molecule has 0 aromatic heterocycles. The monoisotopic (exact) mass is 244 g/mol. The van der Waals surface area contributed by atoms with Crippen molar-refractivity contribution in [3.8, 4) is 0 Å². The smallest absolute Gasteiger partial charge is 0.133 e. The third kappa shape index (κ3) is 18.2. The van der Waals surface area contributed by atoms with Crippen LogP contribution in [-0.2, 0) is 4.79 Å². The number of rotatable bonds is 10. The second-order valence-corrected chi connectivity index (χ2v) is 4.17. The molecule has 0 spiro atoms. The zero-order chi connectivity index (χ0) is 13.4. The molecule has 17 heavy (non-hydrogen) atoms. The van der Waals surface area contributed by atoms with Crippen LogP contribution in [0.3, 0.4) is 0 Å². The summed E-state index contributed by atoms with van der Waals surface area (Å²) in [6.07, 6.45) is 6.13. The summed E-state index contributed by atoms with van der Waals surface area (Å²) in [7, 11) is 0. The Hall–Kier alpha value is -0.410. The van der Waals surface area contributed by atoms with E-state index in [0.717, 1.165) is 12.8 Å². The molecule has 0 aliphatic rings. The first-order valence-corrected chi connectivity index (χ1v) is 7.13. The Morgan fingerprint density at radius 1 is 0.941 bits per heavy atom. The van der Waals surface area contributed by atoms with E-state index in [0.29, 0.717) is 6.54 Å². The Bertz CT molecular complexity index is 134. The molecule has 0 amide bonds. The van der Waals surface area contributed by atoms with E-state index in [-0.39, 0.29) is 0 Å². The van der Waals surface area contributed by atoms with Gasteiger partial charge in [0.1, 0.15) is 6.29 Å². The average Bonchev–Trinajstić information content (AvgIpc) is 2.35. The SMILES string of the molecule is CCCCN(CCC)CCC.CCNCC=O. The van der Waals surface area contributed by atoms with Crippen LogP contribution >= 0.6 is 0 Å². The normalized spacial score (nSPS) is 9.94. The second kappa shape index (κ2) is 18.0. The first-order chi connectivity index (χ1) is 8.26. The molecule has 0 atom stereocenters. The quantitative estimate of drug-likeness (QED) is 0.474. The second-order valence-electron chi connectivity index (χ2n) is 4.17. The fourth-order valence-corrected chi connectivity index (χ4v) is 1.55. The molecule has 0 heterocycles. The Morgan fingerprint density at radius 2 is 1.53 bits per heavy atom. The molecule has 0 aliphatic heterocycles. The van der Waals surface area contributed by atoms with Crippen molar-refractivity contribution < 1.29 is 4.79 Å². The number of carbonyl (C=O) groups is 1. The molecule has 3 heteroatoms. The minimum absolute atomic E-state index is 0.483. The topological polar surface area (TPSA) is 32.3 Å². The number of hydrogen-bond donors (Lipinski definition) is 1. The van der Waals surface area contributed by atoms with E-state index in [4.69, 9.17) is 0 Å². The number of nitrogens with one attached hydrogen (secondary N) is 1. The van der Waals surface area contributed by atoms with Gasteiger partial charge in [-0.05, 0) is 45.4 Å². The molecular weight excluding hydrogens is 212 g/mol. The zero-order valence-electron chi connectivity index (χ0n) is 12.3. The van der Waals surface area contributed by atoms with Crippen molar-refractivity contribution in [2.24, 2.45) is 0 Å². The van der Waals surface area contributed by atoms with E-state index in [1.807, 2.05) is 6.92 Å². The van der Waals surface area contributed by atoms with Gasteiger partial charge in [0.05, 0.1) is 6.54 Å². The van der Waals surface area contributed by atoms with Crippen LogP contribution in [0.4, 0.5) is 0 Å². The van der Waals surface area contributed by atoms with Gasteiger partial charge in [-0.3, -0.25) is 0 Å². The molecule has 0 aromatic carbocycles. The number of hydrogen-bond acceptors (Lipinski definition) is 3.